The van der Waals surface area contributed by atoms with E-state index in [1.807, 2.05) is 0 Å². The van der Waals surface area contributed by atoms with Gasteiger partial charge in [-0.2, -0.15) is 0 Å². The zero-order valence-corrected chi connectivity index (χ0v) is 9.69. The van der Waals surface area contributed by atoms with Crippen molar-refractivity contribution < 1.29 is 18.0 Å². The van der Waals surface area contributed by atoms with Gasteiger partial charge >= 0.3 is 0 Å². The number of carbonyl (C=O) groups is 1. The number of ketones is 1. The van der Waals surface area contributed by atoms with E-state index in [4.69, 9.17) is 4.42 Å². The average molecular weight is 258 g/mol. The smallest absolute Gasteiger partial charge is 0.228 e. The Kier molecular flexibility index (Phi) is 2.63. The Bertz CT molecular complexity index is 757. The van der Waals surface area contributed by atoms with Crippen LogP contribution in [0.4, 0.5) is 8.78 Å². The number of fused-ring (bicyclic) bond motifs is 1. The molecule has 0 aliphatic heterocycles. The molecule has 19 heavy (non-hydrogen) atoms. The summed E-state index contributed by atoms with van der Waals surface area (Å²) in [6.07, 6.45) is 0. The second-order valence-corrected chi connectivity index (χ2v) is 4.13. The Morgan fingerprint density at radius 3 is 2.32 bits per heavy atom. The number of halogens is 2. The lowest BCUT2D eigenvalue weighted by Crippen LogP contribution is -1.99. The van der Waals surface area contributed by atoms with E-state index in [9.17, 15) is 13.6 Å². The molecule has 1 aromatic heterocycles. The molecule has 0 radical (unpaired) electrons. The molecule has 0 atom stereocenters. The molecule has 0 fully saturated rings. The standard InChI is InChI=1S/C15H8F2O2/c16-11-3-1-9(2-4-11)15(18)14-8-10-7-12(17)5-6-13(10)19-14/h1-8H. The van der Waals surface area contributed by atoms with Gasteiger partial charge in [-0.25, -0.2) is 8.78 Å². The summed E-state index contributed by atoms with van der Waals surface area (Å²) in [6.45, 7) is 0. The summed E-state index contributed by atoms with van der Waals surface area (Å²) in [5.74, 6) is -1.07. The van der Waals surface area contributed by atoms with Gasteiger partial charge in [0.1, 0.15) is 17.2 Å². The first kappa shape index (κ1) is 11.6. The molecule has 0 bridgehead atoms. The summed E-state index contributed by atoms with van der Waals surface area (Å²) < 4.78 is 31.2. The zero-order valence-electron chi connectivity index (χ0n) is 9.69. The number of hydrogen-bond acceptors (Lipinski definition) is 2. The summed E-state index contributed by atoms with van der Waals surface area (Å²) in [5.41, 5.74) is 0.757. The third kappa shape index (κ3) is 2.12. The Morgan fingerprint density at radius 2 is 1.58 bits per heavy atom. The minimum atomic E-state index is -0.414. The third-order valence-corrected chi connectivity index (χ3v) is 2.81. The summed E-state index contributed by atoms with van der Waals surface area (Å²) >= 11 is 0. The molecular formula is C15H8F2O2. The molecule has 0 unspecified atom stereocenters. The summed E-state index contributed by atoms with van der Waals surface area (Å²) in [7, 11) is 0. The van der Waals surface area contributed by atoms with Gasteiger partial charge < -0.3 is 4.42 Å². The summed E-state index contributed by atoms with van der Waals surface area (Å²) in [4.78, 5) is 12.1. The number of furan rings is 1. The van der Waals surface area contributed by atoms with Crippen LogP contribution in [0, 0.1) is 11.6 Å². The number of rotatable bonds is 2. The van der Waals surface area contributed by atoms with Gasteiger partial charge in [0, 0.05) is 10.9 Å². The topological polar surface area (TPSA) is 30.2 Å². The van der Waals surface area contributed by atoms with Crippen LogP contribution in [0.2, 0.25) is 0 Å². The van der Waals surface area contributed by atoms with Crippen LogP contribution in [-0.4, -0.2) is 5.78 Å². The van der Waals surface area contributed by atoms with E-state index in [2.05, 4.69) is 0 Å². The van der Waals surface area contributed by atoms with Crippen molar-refractivity contribution in [3.8, 4) is 0 Å². The molecule has 0 N–H and O–H groups in total. The predicted molar refractivity (Wildman–Crippen MR) is 66.0 cm³/mol. The van der Waals surface area contributed by atoms with Crippen LogP contribution in [0.25, 0.3) is 11.0 Å². The van der Waals surface area contributed by atoms with E-state index in [0.29, 0.717) is 16.5 Å². The lowest BCUT2D eigenvalue weighted by Gasteiger charge is -1.96. The van der Waals surface area contributed by atoms with Crippen LogP contribution in [0.3, 0.4) is 0 Å². The van der Waals surface area contributed by atoms with Crippen molar-refractivity contribution >= 4 is 16.8 Å². The molecule has 0 aliphatic rings. The highest BCUT2D eigenvalue weighted by molar-refractivity contribution is 6.08. The van der Waals surface area contributed by atoms with E-state index in [0.717, 1.165) is 0 Å². The quantitative estimate of drug-likeness (QED) is 0.652. The van der Waals surface area contributed by atoms with Crippen molar-refractivity contribution in [1.82, 2.24) is 0 Å². The zero-order chi connectivity index (χ0) is 13.4. The number of hydrogen-bond donors (Lipinski definition) is 0. The first-order chi connectivity index (χ1) is 9.13. The first-order valence-electron chi connectivity index (χ1n) is 5.63. The van der Waals surface area contributed by atoms with Gasteiger partial charge in [-0.1, -0.05) is 0 Å². The van der Waals surface area contributed by atoms with E-state index < -0.39 is 11.6 Å². The van der Waals surface area contributed by atoms with Gasteiger partial charge in [0.2, 0.25) is 5.78 Å². The number of benzene rings is 2. The highest BCUT2D eigenvalue weighted by Crippen LogP contribution is 2.22. The molecular weight excluding hydrogens is 250 g/mol. The molecule has 3 rings (SSSR count). The monoisotopic (exact) mass is 258 g/mol. The molecule has 2 aromatic carbocycles. The van der Waals surface area contributed by atoms with E-state index in [-0.39, 0.29) is 11.5 Å². The molecule has 2 nitrogen and oxygen atoms in total. The molecule has 1 heterocycles. The second-order valence-electron chi connectivity index (χ2n) is 4.13. The largest absolute Gasteiger partial charge is 0.453 e. The highest BCUT2D eigenvalue weighted by atomic mass is 19.1. The maximum atomic E-state index is 13.0. The van der Waals surface area contributed by atoms with Gasteiger partial charge in [-0.3, -0.25) is 4.79 Å². The van der Waals surface area contributed by atoms with Gasteiger partial charge in [0.25, 0.3) is 0 Å². The molecule has 0 saturated carbocycles. The Labute approximate surface area is 107 Å². The van der Waals surface area contributed by atoms with Crippen molar-refractivity contribution in [3.05, 3.63) is 71.5 Å². The Morgan fingerprint density at radius 1 is 0.895 bits per heavy atom. The van der Waals surface area contributed by atoms with Crippen LogP contribution < -0.4 is 0 Å². The maximum Gasteiger partial charge on any atom is 0.228 e. The van der Waals surface area contributed by atoms with E-state index >= 15 is 0 Å². The van der Waals surface area contributed by atoms with Crippen LogP contribution in [-0.2, 0) is 0 Å². The fourth-order valence-electron chi connectivity index (χ4n) is 1.87. The molecule has 3 aromatic rings. The third-order valence-electron chi connectivity index (χ3n) is 2.81. The van der Waals surface area contributed by atoms with Crippen molar-refractivity contribution in [2.75, 3.05) is 0 Å². The lowest BCUT2D eigenvalue weighted by atomic mass is 10.1. The van der Waals surface area contributed by atoms with Crippen LogP contribution >= 0.6 is 0 Å². The summed E-state index contributed by atoms with van der Waals surface area (Å²) in [6, 6.07) is 10.7. The molecule has 94 valence electrons. The fraction of sp³-hybridized carbons (Fsp3) is 0. The summed E-state index contributed by atoms with van der Waals surface area (Å²) in [5, 5.41) is 0.519. The van der Waals surface area contributed by atoms with Gasteiger partial charge in [0.05, 0.1) is 0 Å². The normalized spacial score (nSPS) is 10.8. The van der Waals surface area contributed by atoms with E-state index in [1.165, 1.54) is 48.5 Å². The van der Waals surface area contributed by atoms with Crippen molar-refractivity contribution in [3.63, 3.8) is 0 Å². The minimum Gasteiger partial charge on any atom is -0.453 e. The fourth-order valence-corrected chi connectivity index (χ4v) is 1.87. The van der Waals surface area contributed by atoms with Crippen molar-refractivity contribution in [2.45, 2.75) is 0 Å². The van der Waals surface area contributed by atoms with Gasteiger partial charge in [0.15, 0.2) is 5.76 Å². The highest BCUT2D eigenvalue weighted by Gasteiger charge is 2.14. The average Bonchev–Trinajstić information content (AvgIpc) is 2.81. The Balaban J connectivity index is 2.04. The lowest BCUT2D eigenvalue weighted by molar-refractivity contribution is 0.101. The minimum absolute atomic E-state index is 0.104. The number of carbonyl (C=O) groups excluding carboxylic acids is 1. The molecule has 0 saturated heterocycles. The van der Waals surface area contributed by atoms with Crippen molar-refractivity contribution in [2.24, 2.45) is 0 Å². The molecule has 0 spiro atoms. The van der Waals surface area contributed by atoms with Crippen LogP contribution in [0.15, 0.2) is 52.9 Å². The second kappa shape index (κ2) is 4.31. The van der Waals surface area contributed by atoms with Crippen molar-refractivity contribution in [1.29, 1.82) is 0 Å². The van der Waals surface area contributed by atoms with Gasteiger partial charge in [-0.05, 0) is 48.5 Å². The first-order valence-corrected chi connectivity index (χ1v) is 5.63. The van der Waals surface area contributed by atoms with Crippen LogP contribution in [0.5, 0.6) is 0 Å². The maximum absolute atomic E-state index is 13.0. The predicted octanol–water partition coefficient (Wildman–Crippen LogP) is 3.94. The molecule has 4 heteroatoms. The molecule has 0 aliphatic carbocycles. The van der Waals surface area contributed by atoms with Gasteiger partial charge in [-0.15, -0.1) is 0 Å². The molecule has 0 amide bonds. The Hall–Kier alpha value is -2.49. The van der Waals surface area contributed by atoms with Crippen LogP contribution in [0.1, 0.15) is 16.1 Å². The SMILES string of the molecule is O=C(c1ccc(F)cc1)c1cc2cc(F)ccc2o1. The van der Waals surface area contributed by atoms with E-state index in [1.54, 1.807) is 0 Å².